The molecule has 2 amide bonds. The van der Waals surface area contributed by atoms with Crippen LogP contribution in [0.4, 0.5) is 10.1 Å². The lowest BCUT2D eigenvalue weighted by atomic mass is 9.99. The summed E-state index contributed by atoms with van der Waals surface area (Å²) in [7, 11) is 0. The Morgan fingerprint density at radius 2 is 1.97 bits per heavy atom. The summed E-state index contributed by atoms with van der Waals surface area (Å²) in [5, 5.41) is 2.98. The molecule has 0 unspecified atom stereocenters. The minimum atomic E-state index is -0.489. The van der Waals surface area contributed by atoms with Gasteiger partial charge in [0.1, 0.15) is 5.82 Å². The van der Waals surface area contributed by atoms with Gasteiger partial charge in [-0.15, -0.1) is 0 Å². The zero-order chi connectivity index (χ0) is 27.9. The molecule has 4 rings (SSSR count). The van der Waals surface area contributed by atoms with Gasteiger partial charge in [0, 0.05) is 56.2 Å². The normalized spacial score (nSPS) is 15.3. The lowest BCUT2D eigenvalue weighted by Crippen LogP contribution is -2.55. The number of hydrogen-bond acceptors (Lipinski definition) is 6. The third kappa shape index (κ3) is 6.32. The van der Waals surface area contributed by atoms with Crippen LogP contribution in [0.3, 0.4) is 0 Å². The molecule has 0 bridgehead atoms. The summed E-state index contributed by atoms with van der Waals surface area (Å²) in [6, 6.07) is 13.2. The van der Waals surface area contributed by atoms with Gasteiger partial charge >= 0.3 is 0 Å². The second-order valence-electron chi connectivity index (χ2n) is 9.20. The Morgan fingerprint density at radius 3 is 2.69 bits per heavy atom. The largest absolute Gasteiger partial charge is 0.478 e. The van der Waals surface area contributed by atoms with Crippen molar-refractivity contribution < 1.29 is 18.7 Å². The summed E-state index contributed by atoms with van der Waals surface area (Å²) in [4.78, 5) is 34.8. The number of aromatic nitrogens is 1. The topological polar surface area (TPSA) is 101 Å². The van der Waals surface area contributed by atoms with Crippen LogP contribution in [-0.4, -0.2) is 67.1 Å². The van der Waals surface area contributed by atoms with E-state index in [1.807, 2.05) is 44.2 Å². The number of nitrogens with zero attached hydrogens (tertiary/aromatic N) is 3. The molecular formula is C29H33ClFN5O3. The van der Waals surface area contributed by atoms with Crippen LogP contribution in [0.1, 0.15) is 41.0 Å². The van der Waals surface area contributed by atoms with Gasteiger partial charge in [-0.1, -0.05) is 24.6 Å². The number of anilines is 1. The predicted molar refractivity (Wildman–Crippen MR) is 151 cm³/mol. The summed E-state index contributed by atoms with van der Waals surface area (Å²) in [6.07, 6.45) is 2.41. The van der Waals surface area contributed by atoms with Crippen LogP contribution in [0.15, 0.2) is 54.7 Å². The van der Waals surface area contributed by atoms with Gasteiger partial charge in [0.25, 0.3) is 11.8 Å². The number of nitrogens with two attached hydrogens (primary N) is 1. The van der Waals surface area contributed by atoms with Crippen molar-refractivity contribution in [1.29, 1.82) is 0 Å². The van der Waals surface area contributed by atoms with E-state index in [2.05, 4.69) is 15.2 Å². The van der Waals surface area contributed by atoms with Crippen LogP contribution in [0, 0.1) is 5.82 Å². The van der Waals surface area contributed by atoms with E-state index < -0.39 is 5.82 Å². The second-order valence-corrected chi connectivity index (χ2v) is 9.60. The maximum atomic E-state index is 13.5. The smallest absolute Gasteiger partial charge is 0.255 e. The van der Waals surface area contributed by atoms with Gasteiger partial charge < -0.3 is 25.6 Å². The van der Waals surface area contributed by atoms with Gasteiger partial charge in [-0.25, -0.2) is 9.37 Å². The molecule has 2 heterocycles. The maximum Gasteiger partial charge on any atom is 0.255 e. The molecule has 1 aliphatic rings. The van der Waals surface area contributed by atoms with Crippen LogP contribution >= 0.6 is 11.6 Å². The summed E-state index contributed by atoms with van der Waals surface area (Å²) in [5.74, 6) is -0.463. The van der Waals surface area contributed by atoms with Crippen LogP contribution in [0.5, 0.6) is 5.88 Å². The summed E-state index contributed by atoms with van der Waals surface area (Å²) in [6.45, 7) is 6.44. The molecule has 2 aromatic carbocycles. The Hall–Kier alpha value is -3.69. The Kier molecular flexibility index (Phi) is 9.37. The number of benzene rings is 2. The number of carbonyl (C=O) groups excluding carboxylic acids is 2. The van der Waals surface area contributed by atoms with Crippen molar-refractivity contribution in [2.24, 2.45) is 5.73 Å². The molecule has 0 saturated carbocycles. The molecule has 206 valence electrons. The van der Waals surface area contributed by atoms with E-state index in [9.17, 15) is 14.0 Å². The van der Waals surface area contributed by atoms with Gasteiger partial charge in [-0.05, 0) is 61.4 Å². The minimum Gasteiger partial charge on any atom is -0.478 e. The van der Waals surface area contributed by atoms with E-state index in [1.165, 1.54) is 12.1 Å². The number of rotatable bonds is 9. The van der Waals surface area contributed by atoms with Gasteiger partial charge in [-0.3, -0.25) is 9.59 Å². The molecule has 1 fully saturated rings. The van der Waals surface area contributed by atoms with Crippen LogP contribution in [0.2, 0.25) is 5.02 Å². The highest BCUT2D eigenvalue weighted by molar-refractivity contribution is 6.33. The fraction of sp³-hybridized carbons (Fsp3) is 0.345. The first-order valence-electron chi connectivity index (χ1n) is 13.1. The number of amides is 2. The van der Waals surface area contributed by atoms with E-state index in [-0.39, 0.29) is 28.4 Å². The molecular weight excluding hydrogens is 521 g/mol. The van der Waals surface area contributed by atoms with Crippen molar-refractivity contribution >= 4 is 29.1 Å². The molecule has 1 aromatic heterocycles. The molecule has 0 aliphatic carbocycles. The zero-order valence-corrected chi connectivity index (χ0v) is 22.9. The predicted octanol–water partition coefficient (Wildman–Crippen LogP) is 4.37. The second kappa shape index (κ2) is 12.9. The molecule has 39 heavy (non-hydrogen) atoms. The Bertz CT molecular complexity index is 1340. The molecule has 1 atom stereocenters. The van der Waals surface area contributed by atoms with E-state index >= 15 is 0 Å². The fourth-order valence-electron chi connectivity index (χ4n) is 4.82. The first-order valence-corrected chi connectivity index (χ1v) is 13.5. The highest BCUT2D eigenvalue weighted by atomic mass is 35.5. The molecule has 1 saturated heterocycles. The van der Waals surface area contributed by atoms with Crippen molar-refractivity contribution in [3.63, 3.8) is 0 Å². The van der Waals surface area contributed by atoms with Crippen LogP contribution < -0.4 is 20.7 Å². The number of halogens is 2. The number of hydrogen-bond donors (Lipinski definition) is 2. The zero-order valence-electron chi connectivity index (χ0n) is 22.1. The number of ether oxygens (including phenoxy) is 1. The van der Waals surface area contributed by atoms with Gasteiger partial charge in [0.05, 0.1) is 22.8 Å². The SMILES string of the molecule is CCOc1ncccc1-c1ccc(N2CCN(C(=O)c3ccc(F)cc3Cl)C[C@H]2CC)c(C(=O)NCCN)c1. The van der Waals surface area contributed by atoms with E-state index in [0.29, 0.717) is 50.8 Å². The highest BCUT2D eigenvalue weighted by Gasteiger charge is 2.32. The van der Waals surface area contributed by atoms with E-state index in [0.717, 1.165) is 29.3 Å². The number of piperazine rings is 1. The Labute approximate surface area is 232 Å². The Morgan fingerprint density at radius 1 is 1.15 bits per heavy atom. The van der Waals surface area contributed by atoms with Crippen LogP contribution in [0.25, 0.3) is 11.1 Å². The molecule has 3 N–H and O–H groups in total. The monoisotopic (exact) mass is 553 g/mol. The van der Waals surface area contributed by atoms with Crippen molar-refractivity contribution in [2.75, 3.05) is 44.2 Å². The first-order chi connectivity index (χ1) is 18.9. The van der Waals surface area contributed by atoms with E-state index in [1.54, 1.807) is 11.1 Å². The fourth-order valence-corrected chi connectivity index (χ4v) is 5.07. The van der Waals surface area contributed by atoms with E-state index in [4.69, 9.17) is 22.1 Å². The van der Waals surface area contributed by atoms with Crippen LogP contribution in [-0.2, 0) is 0 Å². The lowest BCUT2D eigenvalue weighted by Gasteiger charge is -2.43. The minimum absolute atomic E-state index is 0.0498. The van der Waals surface area contributed by atoms with Gasteiger partial charge in [-0.2, -0.15) is 0 Å². The summed E-state index contributed by atoms with van der Waals surface area (Å²) >= 11 is 6.17. The lowest BCUT2D eigenvalue weighted by molar-refractivity contribution is 0.0720. The van der Waals surface area contributed by atoms with Crippen molar-refractivity contribution in [2.45, 2.75) is 26.3 Å². The average Bonchev–Trinajstić information content (AvgIpc) is 2.95. The molecule has 8 nitrogen and oxygen atoms in total. The highest BCUT2D eigenvalue weighted by Crippen LogP contribution is 2.34. The molecule has 1 aliphatic heterocycles. The third-order valence-electron chi connectivity index (χ3n) is 6.75. The molecule has 0 spiro atoms. The standard InChI is InChI=1S/C29H33ClFN5O3/c1-3-21-18-35(29(38)23-9-8-20(31)17-25(23)30)14-15-36(21)26-10-7-19(16-24(26)27(37)33-13-11-32)22-6-5-12-34-28(22)39-4-2/h5-10,12,16-17,21H,3-4,11,13-15,18,32H2,1-2H3,(H,33,37)/t21-/m1/s1. The van der Waals surface area contributed by atoms with Crippen molar-refractivity contribution in [3.8, 4) is 17.0 Å². The number of carbonyl (C=O) groups is 2. The number of pyridine rings is 1. The molecule has 0 radical (unpaired) electrons. The van der Waals surface area contributed by atoms with Crippen molar-refractivity contribution in [1.82, 2.24) is 15.2 Å². The average molecular weight is 554 g/mol. The quantitative estimate of drug-likeness (QED) is 0.408. The Balaban J connectivity index is 1.66. The first kappa shape index (κ1) is 28.3. The number of nitrogens with one attached hydrogen (secondary N) is 1. The van der Waals surface area contributed by atoms with Gasteiger partial charge in [0.2, 0.25) is 5.88 Å². The summed E-state index contributed by atoms with van der Waals surface area (Å²) in [5.41, 5.74) is 8.79. The maximum absolute atomic E-state index is 13.5. The third-order valence-corrected chi connectivity index (χ3v) is 7.06. The van der Waals surface area contributed by atoms with Gasteiger partial charge in [0.15, 0.2) is 0 Å². The van der Waals surface area contributed by atoms with Crippen molar-refractivity contribution in [3.05, 3.63) is 76.7 Å². The molecule has 10 heteroatoms. The molecule has 3 aromatic rings. The summed E-state index contributed by atoms with van der Waals surface area (Å²) < 4.78 is 19.2.